The van der Waals surface area contributed by atoms with Crippen LogP contribution in [0.1, 0.15) is 66.8 Å². The first-order chi connectivity index (χ1) is 18.4. The van der Waals surface area contributed by atoms with Crippen molar-refractivity contribution in [1.82, 2.24) is 14.1 Å². The number of carbonyl (C=O) groups excluding carboxylic acids is 2. The van der Waals surface area contributed by atoms with E-state index in [-0.39, 0.29) is 40.2 Å². The highest BCUT2D eigenvalue weighted by Gasteiger charge is 2.36. The van der Waals surface area contributed by atoms with E-state index in [1.54, 1.807) is 53.5 Å². The van der Waals surface area contributed by atoms with Crippen molar-refractivity contribution in [2.45, 2.75) is 84.1 Å². The summed E-state index contributed by atoms with van der Waals surface area (Å²) in [6, 6.07) is 0.540. The molecule has 0 radical (unpaired) electrons. The molecule has 1 saturated heterocycles. The maximum Gasteiger partial charge on any atom is 0.429 e. The Hall–Kier alpha value is -3.28. The molecule has 1 atom stereocenters. The summed E-state index contributed by atoms with van der Waals surface area (Å²) in [5.74, 6) is -0.748. The molecule has 0 unspecified atom stereocenters. The van der Waals surface area contributed by atoms with Crippen LogP contribution in [0.5, 0.6) is 0 Å². The Morgan fingerprint density at radius 3 is 2.12 bits per heavy atom. The van der Waals surface area contributed by atoms with Gasteiger partial charge in [0.25, 0.3) is 5.56 Å². The largest absolute Gasteiger partial charge is 0.444 e. The van der Waals surface area contributed by atoms with Gasteiger partial charge in [0.05, 0.1) is 27.7 Å². The number of hydrogen-bond donors (Lipinski definition) is 0. The van der Waals surface area contributed by atoms with Gasteiger partial charge in [-0.2, -0.15) is 4.68 Å². The monoisotopic (exact) mass is 581 g/mol. The predicted molar refractivity (Wildman–Crippen MR) is 151 cm³/mol. The number of likely N-dealkylation sites (N-methyl/N-ethyl adjacent to an activating group) is 1. The number of halogens is 2. The highest BCUT2D eigenvalue weighted by atomic mass is 35.5. The summed E-state index contributed by atoms with van der Waals surface area (Å²) < 4.78 is 28.5. The maximum absolute atomic E-state index is 15.7. The molecule has 2 aliphatic rings. The molecule has 0 bridgehead atoms. The minimum absolute atomic E-state index is 0.0562. The summed E-state index contributed by atoms with van der Waals surface area (Å²) >= 11 is 6.81. The minimum atomic E-state index is -0.909. The van der Waals surface area contributed by atoms with Crippen molar-refractivity contribution >= 4 is 40.4 Å². The number of hydrogen-bond acceptors (Lipinski definition) is 7. The predicted octanol–water partition coefficient (Wildman–Crippen LogP) is 4.24. The van der Waals surface area contributed by atoms with Crippen LogP contribution in [0.4, 0.5) is 19.7 Å². The van der Waals surface area contributed by atoms with Crippen molar-refractivity contribution in [3.8, 4) is 0 Å². The summed E-state index contributed by atoms with van der Waals surface area (Å²) in [6.45, 7) is 11.0. The summed E-state index contributed by atoms with van der Waals surface area (Å²) in [6.07, 6.45) is 0.481. The molecule has 2 heterocycles. The topological polar surface area (TPSA) is 106 Å². The molecule has 11 nitrogen and oxygen atoms in total. The second-order valence-corrected chi connectivity index (χ2v) is 12.8. The minimum Gasteiger partial charge on any atom is -0.444 e. The normalized spacial score (nSPS) is 17.8. The molecule has 1 aromatic heterocycles. The molecule has 13 heteroatoms. The number of aromatic nitrogens is 2. The Labute approximate surface area is 236 Å². The van der Waals surface area contributed by atoms with Crippen LogP contribution >= 0.6 is 11.6 Å². The molecule has 0 N–H and O–H groups in total. The molecule has 2 fully saturated rings. The third-order valence-electron chi connectivity index (χ3n) is 6.80. The second kappa shape index (κ2) is 10.3. The Morgan fingerprint density at radius 2 is 1.57 bits per heavy atom. The summed E-state index contributed by atoms with van der Waals surface area (Å²) in [7, 11) is 2.88. The smallest absolute Gasteiger partial charge is 0.429 e. The van der Waals surface area contributed by atoms with Gasteiger partial charge in [-0.15, -0.1) is 0 Å². The van der Waals surface area contributed by atoms with Crippen LogP contribution in [0.15, 0.2) is 15.7 Å². The van der Waals surface area contributed by atoms with Gasteiger partial charge in [-0.1, -0.05) is 11.6 Å². The Kier molecular flexibility index (Phi) is 7.63. The molecule has 2 amide bonds. The molecular weight excluding hydrogens is 545 g/mol. The molecule has 220 valence electrons. The quantitative estimate of drug-likeness (QED) is 0.532. The fraction of sp³-hybridized carbons (Fsp3) is 0.630. The van der Waals surface area contributed by atoms with Crippen LogP contribution < -0.4 is 21.2 Å². The fourth-order valence-electron chi connectivity index (χ4n) is 4.78. The van der Waals surface area contributed by atoms with Crippen molar-refractivity contribution < 1.29 is 23.5 Å². The van der Waals surface area contributed by atoms with Crippen LogP contribution in [-0.2, 0) is 9.47 Å². The lowest BCUT2D eigenvalue weighted by molar-refractivity contribution is 0.0237. The Balaban J connectivity index is 1.77. The van der Waals surface area contributed by atoms with E-state index < -0.39 is 40.5 Å². The molecule has 1 aliphatic carbocycles. The van der Waals surface area contributed by atoms with Crippen molar-refractivity contribution in [3.05, 3.63) is 37.7 Å². The number of nitrogens with zero attached hydrogens (tertiary/aromatic N) is 5. The van der Waals surface area contributed by atoms with Gasteiger partial charge in [-0.3, -0.25) is 9.36 Å². The molecule has 40 heavy (non-hydrogen) atoms. The lowest BCUT2D eigenvalue weighted by Crippen LogP contribution is -2.54. The van der Waals surface area contributed by atoms with Gasteiger partial charge in [0.15, 0.2) is 0 Å². The van der Waals surface area contributed by atoms with E-state index in [4.69, 9.17) is 21.1 Å². The number of amides is 2. The van der Waals surface area contributed by atoms with Gasteiger partial charge in [-0.05, 0) is 66.9 Å². The van der Waals surface area contributed by atoms with Gasteiger partial charge in [0.1, 0.15) is 17.0 Å². The maximum atomic E-state index is 15.7. The van der Waals surface area contributed by atoms with Crippen LogP contribution in [0, 0.1) is 5.82 Å². The number of ether oxygens (including phenoxy) is 2. The van der Waals surface area contributed by atoms with E-state index in [9.17, 15) is 19.2 Å². The molecule has 1 aromatic carbocycles. The lowest BCUT2D eigenvalue weighted by Gasteiger charge is -2.29. The number of benzene rings is 1. The third kappa shape index (κ3) is 5.77. The second-order valence-electron chi connectivity index (χ2n) is 12.4. The van der Waals surface area contributed by atoms with Gasteiger partial charge in [0.2, 0.25) is 0 Å². The van der Waals surface area contributed by atoms with Crippen LogP contribution in [0.3, 0.4) is 0 Å². The SMILES string of the molecule is CN(C(=O)OC(C)(C)C)[C@H]1CCN(c2c(F)cc3c(=O)n(N(C)C(=O)OC(C)(C)C)c(=O)n(C4CC4)c3c2Cl)C1. The van der Waals surface area contributed by atoms with Gasteiger partial charge in [0, 0.05) is 33.2 Å². The molecular formula is C27H37ClFN5O6. The van der Waals surface area contributed by atoms with Crippen LogP contribution in [-0.4, -0.2) is 70.8 Å². The Bertz CT molecular complexity index is 1470. The number of rotatable bonds is 4. The van der Waals surface area contributed by atoms with Gasteiger partial charge in [-0.25, -0.2) is 23.8 Å². The summed E-state index contributed by atoms with van der Waals surface area (Å²) in [4.78, 5) is 55.7. The average Bonchev–Trinajstić information content (AvgIpc) is 3.53. The van der Waals surface area contributed by atoms with Crippen molar-refractivity contribution in [2.75, 3.05) is 37.1 Å². The first-order valence-corrected chi connectivity index (χ1v) is 13.7. The molecule has 0 spiro atoms. The van der Waals surface area contributed by atoms with E-state index in [1.807, 2.05) is 0 Å². The van der Waals surface area contributed by atoms with E-state index in [0.717, 1.165) is 11.1 Å². The van der Waals surface area contributed by atoms with Crippen molar-refractivity contribution in [3.63, 3.8) is 0 Å². The number of fused-ring (bicyclic) bond motifs is 1. The van der Waals surface area contributed by atoms with Crippen LogP contribution in [0.2, 0.25) is 5.02 Å². The number of carbonyl (C=O) groups is 2. The molecule has 1 aliphatic heterocycles. The lowest BCUT2D eigenvalue weighted by atomic mass is 10.2. The van der Waals surface area contributed by atoms with Crippen LogP contribution in [0.25, 0.3) is 10.9 Å². The molecule has 2 aromatic rings. The highest BCUT2D eigenvalue weighted by molar-refractivity contribution is 6.38. The Morgan fingerprint density at radius 1 is 1.00 bits per heavy atom. The zero-order valence-corrected chi connectivity index (χ0v) is 25.0. The van der Waals surface area contributed by atoms with E-state index >= 15 is 4.39 Å². The highest BCUT2D eigenvalue weighted by Crippen LogP contribution is 2.41. The van der Waals surface area contributed by atoms with Gasteiger partial charge >= 0.3 is 17.9 Å². The molecule has 4 rings (SSSR count). The average molecular weight is 582 g/mol. The van der Waals surface area contributed by atoms with Gasteiger partial charge < -0.3 is 19.3 Å². The van der Waals surface area contributed by atoms with Crippen molar-refractivity contribution in [1.29, 1.82) is 0 Å². The zero-order valence-electron chi connectivity index (χ0n) is 24.2. The zero-order chi connectivity index (χ0) is 29.9. The third-order valence-corrected chi connectivity index (χ3v) is 7.16. The number of anilines is 1. The molecule has 1 saturated carbocycles. The van der Waals surface area contributed by atoms with E-state index in [0.29, 0.717) is 30.5 Å². The van der Waals surface area contributed by atoms with Crippen molar-refractivity contribution in [2.24, 2.45) is 0 Å². The first-order valence-electron chi connectivity index (χ1n) is 13.3. The summed E-state index contributed by atoms with van der Waals surface area (Å²) in [5.41, 5.74) is -3.00. The summed E-state index contributed by atoms with van der Waals surface area (Å²) in [5, 5.41) is 0.601. The van der Waals surface area contributed by atoms with E-state index in [2.05, 4.69) is 0 Å². The fourth-order valence-corrected chi connectivity index (χ4v) is 5.18. The standard InChI is InChI=1S/C27H37ClFN5O6/c1-26(2,3)39-24(37)30(7)16-11-12-32(14-16)21-18(29)13-17-20(19(21)28)33(15-9-10-15)23(36)34(22(17)35)31(8)25(38)40-27(4,5)6/h13,15-16H,9-12,14H2,1-8H3/t16-/m0/s1. The first kappa shape index (κ1) is 29.7. The van der Waals surface area contributed by atoms with E-state index in [1.165, 1.54) is 16.5 Å².